The lowest BCUT2D eigenvalue weighted by Crippen LogP contribution is -2.04. The number of nitrogens with zero attached hydrogens (tertiary/aromatic N) is 5. The Morgan fingerprint density at radius 2 is 0.887 bits per heavy atom. The number of fused-ring (bicyclic) bond motifs is 7. The van der Waals surface area contributed by atoms with Gasteiger partial charge in [-0.3, -0.25) is 0 Å². The smallest absolute Gasteiger partial charge is 0.166 e. The fourth-order valence-corrected chi connectivity index (χ4v) is 8.75. The zero-order valence-corrected chi connectivity index (χ0v) is 33.4. The molecule has 4 heterocycles. The summed E-state index contributed by atoms with van der Waals surface area (Å²) < 4.78 is 8.88. The number of rotatable bonds is 7. The second kappa shape index (κ2) is 14.7. The summed E-state index contributed by atoms with van der Waals surface area (Å²) in [6.07, 6.45) is 0. The molecule has 0 bridgehead atoms. The van der Waals surface area contributed by atoms with Gasteiger partial charge in [0.2, 0.25) is 0 Å². The molecule has 0 aliphatic carbocycles. The fraction of sp³-hybridized carbons (Fsp3) is 0. The third-order valence-electron chi connectivity index (χ3n) is 11.7. The molecule has 0 aliphatic rings. The van der Waals surface area contributed by atoms with Crippen LogP contribution in [0.3, 0.4) is 0 Å². The van der Waals surface area contributed by atoms with Crippen LogP contribution in [-0.4, -0.2) is 24.5 Å². The van der Waals surface area contributed by atoms with Crippen LogP contribution in [0.5, 0.6) is 0 Å². The predicted octanol–water partition coefficient (Wildman–Crippen LogP) is 14.3. The first kappa shape index (κ1) is 35.5. The van der Waals surface area contributed by atoms with Gasteiger partial charge in [0.25, 0.3) is 0 Å². The molecule has 0 saturated carbocycles. The van der Waals surface area contributed by atoms with Crippen molar-refractivity contribution >= 4 is 43.7 Å². The standard InChI is InChI=1S/C56H35N5O/c1-5-17-36(18-6-1)41-34-46(37-19-7-2-8-20-37)57-47(35-41)40-29-31-49(45(33-40)56-59-54(38-21-9-3-10-22-38)58-55(60-56)39-23-11-4-12-24-39)61-48-27-15-13-25-42(48)43-30-32-51-52(53(43)61)44-26-14-16-28-50(44)62-51/h1-35H. The van der Waals surface area contributed by atoms with Crippen molar-refractivity contribution in [2.75, 3.05) is 0 Å². The molecule has 0 atom stereocenters. The summed E-state index contributed by atoms with van der Waals surface area (Å²) in [6, 6.07) is 73.2. The lowest BCUT2D eigenvalue weighted by atomic mass is 9.98. The number of para-hydroxylation sites is 2. The fourth-order valence-electron chi connectivity index (χ4n) is 8.75. The van der Waals surface area contributed by atoms with E-state index in [1.165, 1.54) is 0 Å². The number of pyridine rings is 1. The molecule has 62 heavy (non-hydrogen) atoms. The van der Waals surface area contributed by atoms with Crippen LogP contribution in [0.2, 0.25) is 0 Å². The van der Waals surface area contributed by atoms with Gasteiger partial charge in [-0.15, -0.1) is 0 Å². The van der Waals surface area contributed by atoms with Gasteiger partial charge in [0.15, 0.2) is 17.5 Å². The van der Waals surface area contributed by atoms with E-state index in [1.54, 1.807) is 0 Å². The Morgan fingerprint density at radius 3 is 1.56 bits per heavy atom. The molecule has 290 valence electrons. The number of aromatic nitrogens is 5. The molecule has 0 amide bonds. The summed E-state index contributed by atoms with van der Waals surface area (Å²) in [5.41, 5.74) is 13.2. The first-order valence-electron chi connectivity index (χ1n) is 20.7. The second-order valence-electron chi connectivity index (χ2n) is 15.4. The summed E-state index contributed by atoms with van der Waals surface area (Å²) in [6.45, 7) is 0. The average Bonchev–Trinajstić information content (AvgIpc) is 3.90. The van der Waals surface area contributed by atoms with Crippen molar-refractivity contribution in [1.82, 2.24) is 24.5 Å². The summed E-state index contributed by atoms with van der Waals surface area (Å²) in [5.74, 6) is 1.73. The van der Waals surface area contributed by atoms with Crippen molar-refractivity contribution in [3.05, 3.63) is 212 Å². The summed E-state index contributed by atoms with van der Waals surface area (Å²) in [5, 5.41) is 4.38. The number of benzene rings is 8. The predicted molar refractivity (Wildman–Crippen MR) is 252 cm³/mol. The number of furan rings is 1. The number of hydrogen-bond donors (Lipinski definition) is 0. The zero-order valence-electron chi connectivity index (χ0n) is 33.4. The highest BCUT2D eigenvalue weighted by atomic mass is 16.3. The third kappa shape index (κ3) is 6.04. The summed E-state index contributed by atoms with van der Waals surface area (Å²) in [4.78, 5) is 21.1. The SMILES string of the molecule is c1ccc(-c2cc(-c3ccccc3)nc(-c3ccc(-n4c5ccccc5c5ccc6oc7ccccc7c6c54)c(-c4nc(-c5ccccc5)nc(-c5ccccc5)n4)c3)c2)cc1. The van der Waals surface area contributed by atoms with Crippen LogP contribution in [-0.2, 0) is 0 Å². The van der Waals surface area contributed by atoms with E-state index < -0.39 is 0 Å². The van der Waals surface area contributed by atoms with Crippen LogP contribution in [0.1, 0.15) is 0 Å². The van der Waals surface area contributed by atoms with E-state index in [0.717, 1.165) is 99.8 Å². The Bertz CT molecular complexity index is 3500. The minimum Gasteiger partial charge on any atom is -0.456 e. The second-order valence-corrected chi connectivity index (χ2v) is 15.4. The Morgan fingerprint density at radius 1 is 0.339 bits per heavy atom. The van der Waals surface area contributed by atoms with Gasteiger partial charge in [0.1, 0.15) is 11.2 Å². The van der Waals surface area contributed by atoms with Gasteiger partial charge < -0.3 is 8.98 Å². The Kier molecular flexibility index (Phi) is 8.38. The Hall–Kier alpha value is -8.48. The summed E-state index contributed by atoms with van der Waals surface area (Å²) >= 11 is 0. The molecule has 0 aliphatic heterocycles. The molecule has 12 aromatic rings. The molecule has 4 aromatic heterocycles. The third-order valence-corrected chi connectivity index (χ3v) is 11.7. The van der Waals surface area contributed by atoms with E-state index >= 15 is 0 Å². The molecular formula is C56H35N5O. The van der Waals surface area contributed by atoms with E-state index in [2.05, 4.69) is 132 Å². The monoisotopic (exact) mass is 793 g/mol. The molecule has 12 rings (SSSR count). The lowest BCUT2D eigenvalue weighted by Gasteiger charge is -2.17. The topological polar surface area (TPSA) is 69.6 Å². The highest BCUT2D eigenvalue weighted by molar-refractivity contribution is 6.24. The normalized spacial score (nSPS) is 11.5. The molecular weight excluding hydrogens is 759 g/mol. The zero-order chi connectivity index (χ0) is 41.0. The minimum atomic E-state index is 0.548. The molecule has 0 N–H and O–H groups in total. The van der Waals surface area contributed by atoms with Gasteiger partial charge in [-0.1, -0.05) is 164 Å². The van der Waals surface area contributed by atoms with Crippen LogP contribution < -0.4 is 0 Å². The average molecular weight is 794 g/mol. The molecule has 6 heteroatoms. The van der Waals surface area contributed by atoms with Crippen LogP contribution in [0, 0.1) is 0 Å². The van der Waals surface area contributed by atoms with E-state index in [-0.39, 0.29) is 0 Å². The molecule has 0 radical (unpaired) electrons. The summed E-state index contributed by atoms with van der Waals surface area (Å²) in [7, 11) is 0. The van der Waals surface area contributed by atoms with Gasteiger partial charge in [-0.05, 0) is 59.7 Å². The largest absolute Gasteiger partial charge is 0.456 e. The van der Waals surface area contributed by atoms with Crippen LogP contribution in [0.15, 0.2) is 217 Å². The van der Waals surface area contributed by atoms with E-state index in [1.807, 2.05) is 84.9 Å². The minimum absolute atomic E-state index is 0.548. The Labute approximate surface area is 357 Å². The van der Waals surface area contributed by atoms with Gasteiger partial charge in [0.05, 0.1) is 33.5 Å². The first-order valence-corrected chi connectivity index (χ1v) is 20.7. The van der Waals surface area contributed by atoms with Gasteiger partial charge in [0, 0.05) is 44.0 Å². The van der Waals surface area contributed by atoms with Crippen molar-refractivity contribution in [3.63, 3.8) is 0 Å². The maximum atomic E-state index is 6.51. The van der Waals surface area contributed by atoms with Gasteiger partial charge in [-0.25, -0.2) is 19.9 Å². The molecule has 8 aromatic carbocycles. The van der Waals surface area contributed by atoms with Crippen molar-refractivity contribution in [2.45, 2.75) is 0 Å². The highest BCUT2D eigenvalue weighted by Crippen LogP contribution is 2.43. The quantitative estimate of drug-likeness (QED) is 0.161. The van der Waals surface area contributed by atoms with Crippen LogP contribution >= 0.6 is 0 Å². The van der Waals surface area contributed by atoms with E-state index in [9.17, 15) is 0 Å². The van der Waals surface area contributed by atoms with Crippen LogP contribution in [0.25, 0.3) is 117 Å². The van der Waals surface area contributed by atoms with Crippen molar-refractivity contribution < 1.29 is 4.42 Å². The maximum Gasteiger partial charge on any atom is 0.166 e. The van der Waals surface area contributed by atoms with E-state index in [0.29, 0.717) is 17.5 Å². The first-order chi connectivity index (χ1) is 30.7. The van der Waals surface area contributed by atoms with Crippen molar-refractivity contribution in [2.24, 2.45) is 0 Å². The van der Waals surface area contributed by atoms with Crippen molar-refractivity contribution in [1.29, 1.82) is 0 Å². The Balaban J connectivity index is 1.19. The van der Waals surface area contributed by atoms with E-state index in [4.69, 9.17) is 24.4 Å². The molecule has 0 unspecified atom stereocenters. The molecule has 0 fully saturated rings. The number of hydrogen-bond acceptors (Lipinski definition) is 5. The van der Waals surface area contributed by atoms with Gasteiger partial charge >= 0.3 is 0 Å². The lowest BCUT2D eigenvalue weighted by molar-refractivity contribution is 0.669. The van der Waals surface area contributed by atoms with Crippen molar-refractivity contribution in [3.8, 4) is 73.5 Å². The van der Waals surface area contributed by atoms with Crippen LogP contribution in [0.4, 0.5) is 0 Å². The molecule has 6 nitrogen and oxygen atoms in total. The maximum absolute atomic E-state index is 6.51. The molecule has 0 spiro atoms. The molecule has 0 saturated heterocycles. The highest BCUT2D eigenvalue weighted by Gasteiger charge is 2.24. The van der Waals surface area contributed by atoms with Gasteiger partial charge in [-0.2, -0.15) is 0 Å².